The molecule has 0 saturated heterocycles. The Morgan fingerprint density at radius 2 is 2.27 bits per heavy atom. The van der Waals surface area contributed by atoms with Crippen LogP contribution in [0.1, 0.15) is 13.8 Å². The average molecular weight is 152 g/mol. The molecule has 2 heteroatoms. The zero-order valence-corrected chi connectivity index (χ0v) is 7.54. The molecule has 0 atom stereocenters. The van der Waals surface area contributed by atoms with E-state index in [0.29, 0.717) is 0 Å². The van der Waals surface area contributed by atoms with Crippen molar-refractivity contribution in [3.05, 3.63) is 24.9 Å². The standard InChI is InChI=1S/C9H16N2/c1-5-8-11(7-3)9(6-2)10-4/h5-6,8H,2,7H2,1,3-4H3/b8-5-,10-9?. The first-order chi connectivity index (χ1) is 5.29. The zero-order chi connectivity index (χ0) is 8.69. The van der Waals surface area contributed by atoms with Crippen LogP contribution in [0.5, 0.6) is 0 Å². The summed E-state index contributed by atoms with van der Waals surface area (Å²) >= 11 is 0. The number of rotatable bonds is 3. The SMILES string of the molecule is C=CC(=NC)N(/C=C\C)CC. The van der Waals surface area contributed by atoms with Crippen LogP contribution in [0.15, 0.2) is 29.9 Å². The van der Waals surface area contributed by atoms with Crippen molar-refractivity contribution in [3.8, 4) is 0 Å². The van der Waals surface area contributed by atoms with Gasteiger partial charge in [-0.1, -0.05) is 12.7 Å². The topological polar surface area (TPSA) is 15.6 Å². The lowest BCUT2D eigenvalue weighted by Crippen LogP contribution is -2.23. The van der Waals surface area contributed by atoms with Gasteiger partial charge in [0.2, 0.25) is 0 Å². The molecule has 0 saturated carbocycles. The third-order valence-corrected chi connectivity index (χ3v) is 1.38. The predicted molar refractivity (Wildman–Crippen MR) is 50.8 cm³/mol. The van der Waals surface area contributed by atoms with Crippen LogP contribution in [0.25, 0.3) is 0 Å². The lowest BCUT2D eigenvalue weighted by molar-refractivity contribution is 0.591. The Hall–Kier alpha value is -1.05. The second kappa shape index (κ2) is 5.71. The van der Waals surface area contributed by atoms with Gasteiger partial charge >= 0.3 is 0 Å². The number of allylic oxidation sites excluding steroid dienone is 1. The van der Waals surface area contributed by atoms with Crippen LogP contribution >= 0.6 is 0 Å². The van der Waals surface area contributed by atoms with Gasteiger partial charge < -0.3 is 4.90 Å². The molecule has 0 N–H and O–H groups in total. The lowest BCUT2D eigenvalue weighted by Gasteiger charge is -2.16. The van der Waals surface area contributed by atoms with Crippen LogP contribution in [0.2, 0.25) is 0 Å². The highest BCUT2D eigenvalue weighted by atomic mass is 15.2. The Labute approximate surface area is 68.9 Å². The minimum Gasteiger partial charge on any atom is -0.334 e. The largest absolute Gasteiger partial charge is 0.334 e. The summed E-state index contributed by atoms with van der Waals surface area (Å²) in [6.45, 7) is 8.66. The van der Waals surface area contributed by atoms with Gasteiger partial charge in [0, 0.05) is 19.8 Å². The average Bonchev–Trinajstić information content (AvgIpc) is 2.05. The highest BCUT2D eigenvalue weighted by Gasteiger charge is 1.98. The molecule has 0 aliphatic heterocycles. The number of hydrogen-bond acceptors (Lipinski definition) is 1. The Balaban J connectivity index is 4.34. The van der Waals surface area contributed by atoms with Crippen molar-refractivity contribution in [1.29, 1.82) is 0 Å². The van der Waals surface area contributed by atoms with Crippen molar-refractivity contribution in [2.45, 2.75) is 13.8 Å². The second-order valence-electron chi connectivity index (χ2n) is 2.05. The van der Waals surface area contributed by atoms with Gasteiger partial charge in [-0.2, -0.15) is 0 Å². The molecule has 0 spiro atoms. The molecule has 62 valence electrons. The van der Waals surface area contributed by atoms with Crippen LogP contribution in [0.3, 0.4) is 0 Å². The first-order valence-electron chi connectivity index (χ1n) is 3.78. The number of aliphatic imine (C=N–C) groups is 1. The van der Waals surface area contributed by atoms with Gasteiger partial charge in [-0.05, 0) is 19.9 Å². The normalized spacial score (nSPS) is 12.1. The number of amidine groups is 1. The van der Waals surface area contributed by atoms with E-state index in [1.54, 1.807) is 13.1 Å². The minimum atomic E-state index is 0.908. The Morgan fingerprint density at radius 1 is 1.64 bits per heavy atom. The Bertz CT molecular complexity index is 168. The van der Waals surface area contributed by atoms with Crippen molar-refractivity contribution in [2.75, 3.05) is 13.6 Å². The summed E-state index contributed by atoms with van der Waals surface area (Å²) in [5.41, 5.74) is 0. The number of likely N-dealkylation sites (N-methyl/N-ethyl adjacent to an activating group) is 1. The van der Waals surface area contributed by atoms with Gasteiger partial charge in [-0.3, -0.25) is 4.99 Å². The quantitative estimate of drug-likeness (QED) is 0.446. The first-order valence-corrected chi connectivity index (χ1v) is 3.78. The summed E-state index contributed by atoms with van der Waals surface area (Å²) in [5, 5.41) is 0. The van der Waals surface area contributed by atoms with Crippen LogP contribution in [-0.2, 0) is 0 Å². The van der Waals surface area contributed by atoms with Gasteiger partial charge in [0.05, 0.1) is 0 Å². The van der Waals surface area contributed by atoms with E-state index < -0.39 is 0 Å². The number of hydrogen-bond donors (Lipinski definition) is 0. The van der Waals surface area contributed by atoms with E-state index >= 15 is 0 Å². The highest BCUT2D eigenvalue weighted by Crippen LogP contribution is 1.93. The Kier molecular flexibility index (Phi) is 5.17. The zero-order valence-electron chi connectivity index (χ0n) is 7.54. The van der Waals surface area contributed by atoms with Gasteiger partial charge in [-0.15, -0.1) is 0 Å². The van der Waals surface area contributed by atoms with Crippen LogP contribution in [0, 0.1) is 0 Å². The van der Waals surface area contributed by atoms with Gasteiger partial charge in [0.1, 0.15) is 5.84 Å². The lowest BCUT2D eigenvalue weighted by atomic mass is 10.4. The molecule has 2 nitrogen and oxygen atoms in total. The molecule has 0 aromatic rings. The van der Waals surface area contributed by atoms with Crippen LogP contribution < -0.4 is 0 Å². The molecule has 0 fully saturated rings. The summed E-state index contributed by atoms with van der Waals surface area (Å²) < 4.78 is 0. The van der Waals surface area contributed by atoms with Gasteiger partial charge in [0.15, 0.2) is 0 Å². The molecule has 0 aliphatic rings. The van der Waals surface area contributed by atoms with Crippen molar-refractivity contribution >= 4 is 5.84 Å². The van der Waals surface area contributed by atoms with E-state index in [9.17, 15) is 0 Å². The fourth-order valence-electron chi connectivity index (χ4n) is 0.861. The van der Waals surface area contributed by atoms with Crippen LogP contribution in [0.4, 0.5) is 0 Å². The van der Waals surface area contributed by atoms with Crippen molar-refractivity contribution in [2.24, 2.45) is 4.99 Å². The summed E-state index contributed by atoms with van der Waals surface area (Å²) in [6, 6.07) is 0. The second-order valence-corrected chi connectivity index (χ2v) is 2.05. The van der Waals surface area contributed by atoms with E-state index in [1.165, 1.54) is 0 Å². The van der Waals surface area contributed by atoms with E-state index in [4.69, 9.17) is 0 Å². The fraction of sp³-hybridized carbons (Fsp3) is 0.444. The molecule has 0 amide bonds. The molecular formula is C9H16N2. The van der Waals surface area contributed by atoms with Crippen molar-refractivity contribution < 1.29 is 0 Å². The van der Waals surface area contributed by atoms with Gasteiger partial charge in [0.25, 0.3) is 0 Å². The maximum atomic E-state index is 4.07. The molecular weight excluding hydrogens is 136 g/mol. The molecule has 0 radical (unpaired) electrons. The minimum absolute atomic E-state index is 0.908. The third-order valence-electron chi connectivity index (χ3n) is 1.38. The van der Waals surface area contributed by atoms with E-state index in [1.807, 2.05) is 24.1 Å². The molecule has 0 aromatic carbocycles. The fourth-order valence-corrected chi connectivity index (χ4v) is 0.861. The molecule has 0 aromatic heterocycles. The summed E-state index contributed by atoms with van der Waals surface area (Å²) in [5.74, 6) is 0.908. The molecule has 0 unspecified atom stereocenters. The molecule has 0 heterocycles. The monoisotopic (exact) mass is 152 g/mol. The van der Waals surface area contributed by atoms with Gasteiger partial charge in [-0.25, -0.2) is 0 Å². The maximum absolute atomic E-state index is 4.07. The van der Waals surface area contributed by atoms with E-state index in [0.717, 1.165) is 12.4 Å². The Morgan fingerprint density at radius 3 is 2.55 bits per heavy atom. The molecule has 11 heavy (non-hydrogen) atoms. The molecule has 0 bridgehead atoms. The number of nitrogens with zero attached hydrogens (tertiary/aromatic N) is 2. The maximum Gasteiger partial charge on any atom is 0.126 e. The summed E-state index contributed by atoms with van der Waals surface area (Å²) in [7, 11) is 1.77. The van der Waals surface area contributed by atoms with E-state index in [-0.39, 0.29) is 0 Å². The smallest absolute Gasteiger partial charge is 0.126 e. The highest BCUT2D eigenvalue weighted by molar-refractivity contribution is 5.93. The molecule has 0 rings (SSSR count). The van der Waals surface area contributed by atoms with Crippen molar-refractivity contribution in [1.82, 2.24) is 4.90 Å². The molecule has 0 aliphatic carbocycles. The first kappa shape index (κ1) is 9.95. The van der Waals surface area contributed by atoms with E-state index in [2.05, 4.69) is 18.5 Å². The third kappa shape index (κ3) is 3.03. The predicted octanol–water partition coefficient (Wildman–Crippen LogP) is 2.06. The summed E-state index contributed by atoms with van der Waals surface area (Å²) in [4.78, 5) is 6.10. The summed E-state index contributed by atoms with van der Waals surface area (Å²) in [6.07, 6.45) is 5.73. The van der Waals surface area contributed by atoms with Crippen LogP contribution in [-0.4, -0.2) is 24.3 Å². The van der Waals surface area contributed by atoms with Crippen molar-refractivity contribution in [3.63, 3.8) is 0 Å².